The molecule has 4 rings (SSSR count). The van der Waals surface area contributed by atoms with E-state index < -0.39 is 11.8 Å². The number of carbonyl (C=O) groups excluding carboxylic acids is 2. The number of nitrogens with zero attached hydrogens (tertiary/aromatic N) is 1. The fourth-order valence-corrected chi connectivity index (χ4v) is 4.06. The molecular formula is C25H19BrN2O3S. The Bertz CT molecular complexity index is 1220. The van der Waals surface area contributed by atoms with E-state index in [1.54, 1.807) is 24.3 Å². The normalized spacial score (nSPS) is 15.1. The van der Waals surface area contributed by atoms with Crippen LogP contribution >= 0.6 is 28.1 Å². The molecule has 0 atom stereocenters. The van der Waals surface area contributed by atoms with Crippen molar-refractivity contribution in [3.8, 4) is 5.75 Å². The average molecular weight is 507 g/mol. The summed E-state index contributed by atoms with van der Waals surface area (Å²) in [6, 6.07) is 22.6. The van der Waals surface area contributed by atoms with Crippen LogP contribution in [0.3, 0.4) is 0 Å². The minimum absolute atomic E-state index is 0.0128. The van der Waals surface area contributed by atoms with Crippen LogP contribution in [-0.2, 0) is 16.2 Å². The third-order valence-corrected chi connectivity index (χ3v) is 5.72. The van der Waals surface area contributed by atoms with Gasteiger partial charge in [0.2, 0.25) is 0 Å². The van der Waals surface area contributed by atoms with E-state index in [0.29, 0.717) is 23.6 Å². The molecule has 3 aromatic rings. The molecule has 0 radical (unpaired) electrons. The third kappa shape index (κ3) is 4.79. The first kappa shape index (κ1) is 21.9. The van der Waals surface area contributed by atoms with Crippen molar-refractivity contribution in [1.82, 2.24) is 5.32 Å². The first-order valence-electron chi connectivity index (χ1n) is 9.87. The molecule has 0 aromatic heterocycles. The van der Waals surface area contributed by atoms with Crippen molar-refractivity contribution >= 4 is 56.8 Å². The minimum atomic E-state index is -0.518. The highest BCUT2D eigenvalue weighted by atomic mass is 79.9. The van der Waals surface area contributed by atoms with Gasteiger partial charge in [-0.25, -0.2) is 0 Å². The summed E-state index contributed by atoms with van der Waals surface area (Å²) in [5, 5.41) is 2.68. The Labute approximate surface area is 199 Å². The average Bonchev–Trinajstić information content (AvgIpc) is 2.78. The number of anilines is 1. The molecule has 1 heterocycles. The van der Waals surface area contributed by atoms with Crippen molar-refractivity contribution in [2.75, 3.05) is 4.90 Å². The zero-order valence-corrected chi connectivity index (χ0v) is 19.6. The molecule has 1 saturated heterocycles. The van der Waals surface area contributed by atoms with Crippen LogP contribution in [0.15, 0.2) is 82.8 Å². The van der Waals surface area contributed by atoms with Gasteiger partial charge in [-0.05, 0) is 72.2 Å². The van der Waals surface area contributed by atoms with E-state index in [9.17, 15) is 9.59 Å². The van der Waals surface area contributed by atoms with Gasteiger partial charge in [0.25, 0.3) is 11.8 Å². The maximum absolute atomic E-state index is 13.2. The standard InChI is InChI=1S/C25H19BrN2O3S/c1-16-13-19(26)9-12-22(16)28-24(30)21(23(29)27-25(28)32)14-17-7-10-20(11-8-17)31-15-18-5-3-2-4-6-18/h2-14H,15H2,1H3,(H,27,29,32)/b21-14+. The maximum atomic E-state index is 13.2. The zero-order chi connectivity index (χ0) is 22.7. The molecule has 0 aliphatic carbocycles. The lowest BCUT2D eigenvalue weighted by Crippen LogP contribution is -2.54. The van der Waals surface area contributed by atoms with Crippen molar-refractivity contribution in [2.24, 2.45) is 0 Å². The molecule has 160 valence electrons. The number of benzene rings is 3. The van der Waals surface area contributed by atoms with Gasteiger partial charge in [0.05, 0.1) is 5.69 Å². The maximum Gasteiger partial charge on any atom is 0.270 e. The summed E-state index contributed by atoms with van der Waals surface area (Å²) < 4.78 is 6.69. The number of ether oxygens (including phenoxy) is 1. The number of rotatable bonds is 5. The largest absolute Gasteiger partial charge is 0.489 e. The Kier molecular flexibility index (Phi) is 6.48. The number of carbonyl (C=O) groups is 2. The summed E-state index contributed by atoms with van der Waals surface area (Å²) in [6.07, 6.45) is 1.56. The molecule has 32 heavy (non-hydrogen) atoms. The van der Waals surface area contributed by atoms with Gasteiger partial charge in [-0.1, -0.05) is 58.4 Å². The van der Waals surface area contributed by atoms with Gasteiger partial charge in [-0.2, -0.15) is 0 Å². The quantitative estimate of drug-likeness (QED) is 0.294. The van der Waals surface area contributed by atoms with Gasteiger partial charge < -0.3 is 4.74 Å². The van der Waals surface area contributed by atoms with Crippen LogP contribution in [0.4, 0.5) is 5.69 Å². The van der Waals surface area contributed by atoms with Gasteiger partial charge in [-0.15, -0.1) is 0 Å². The van der Waals surface area contributed by atoms with Gasteiger partial charge >= 0.3 is 0 Å². The van der Waals surface area contributed by atoms with Gasteiger partial charge in [0.1, 0.15) is 17.9 Å². The molecule has 2 amide bonds. The van der Waals surface area contributed by atoms with Crippen LogP contribution in [-0.4, -0.2) is 16.9 Å². The van der Waals surface area contributed by atoms with E-state index in [1.165, 1.54) is 4.90 Å². The van der Waals surface area contributed by atoms with Gasteiger partial charge in [0, 0.05) is 4.47 Å². The van der Waals surface area contributed by atoms with Gasteiger partial charge in [0.15, 0.2) is 5.11 Å². The topological polar surface area (TPSA) is 58.6 Å². The Morgan fingerprint density at radius 1 is 1.03 bits per heavy atom. The van der Waals surface area contributed by atoms with Crippen molar-refractivity contribution in [3.63, 3.8) is 0 Å². The first-order chi connectivity index (χ1) is 15.4. The summed E-state index contributed by atoms with van der Waals surface area (Å²) in [4.78, 5) is 27.1. The number of hydrogen-bond donors (Lipinski definition) is 1. The molecule has 1 N–H and O–H groups in total. The molecular weight excluding hydrogens is 488 g/mol. The second kappa shape index (κ2) is 9.46. The predicted octanol–water partition coefficient (Wildman–Crippen LogP) is 5.17. The van der Waals surface area contributed by atoms with E-state index in [1.807, 2.05) is 61.5 Å². The highest BCUT2D eigenvalue weighted by molar-refractivity contribution is 9.10. The minimum Gasteiger partial charge on any atom is -0.489 e. The van der Waals surface area contributed by atoms with Crippen molar-refractivity contribution in [2.45, 2.75) is 13.5 Å². The van der Waals surface area contributed by atoms with E-state index >= 15 is 0 Å². The molecule has 0 saturated carbocycles. The number of halogens is 1. The SMILES string of the molecule is Cc1cc(Br)ccc1N1C(=O)/C(=C/c2ccc(OCc3ccccc3)cc2)C(=O)NC1=S. The Hall–Kier alpha value is -3.29. The molecule has 1 aliphatic rings. The van der Waals surface area contributed by atoms with E-state index in [4.69, 9.17) is 17.0 Å². The lowest BCUT2D eigenvalue weighted by Gasteiger charge is -2.30. The molecule has 5 nitrogen and oxygen atoms in total. The van der Waals surface area contributed by atoms with Crippen LogP contribution in [0, 0.1) is 6.92 Å². The van der Waals surface area contributed by atoms with E-state index in [-0.39, 0.29) is 10.7 Å². The van der Waals surface area contributed by atoms with Crippen molar-refractivity contribution in [3.05, 3.63) is 99.5 Å². The molecule has 0 unspecified atom stereocenters. The van der Waals surface area contributed by atoms with Crippen molar-refractivity contribution in [1.29, 1.82) is 0 Å². The Balaban J connectivity index is 1.55. The molecule has 0 bridgehead atoms. The summed E-state index contributed by atoms with van der Waals surface area (Å²) in [5.41, 5.74) is 3.27. The number of nitrogens with one attached hydrogen (secondary N) is 1. The second-order valence-electron chi connectivity index (χ2n) is 7.23. The number of amides is 2. The third-order valence-electron chi connectivity index (χ3n) is 4.94. The first-order valence-corrected chi connectivity index (χ1v) is 11.1. The molecule has 0 spiro atoms. The molecule has 7 heteroatoms. The molecule has 1 aliphatic heterocycles. The monoisotopic (exact) mass is 506 g/mol. The fourth-order valence-electron chi connectivity index (χ4n) is 3.31. The van der Waals surface area contributed by atoms with Crippen LogP contribution in [0.1, 0.15) is 16.7 Å². The summed E-state index contributed by atoms with van der Waals surface area (Å²) in [5.74, 6) is -0.285. The lowest BCUT2D eigenvalue weighted by atomic mass is 10.1. The second-order valence-corrected chi connectivity index (χ2v) is 8.53. The van der Waals surface area contributed by atoms with E-state index in [0.717, 1.165) is 15.6 Å². The number of thiocarbonyl (C=S) groups is 1. The van der Waals surface area contributed by atoms with Gasteiger partial charge in [-0.3, -0.25) is 19.8 Å². The Morgan fingerprint density at radius 3 is 2.44 bits per heavy atom. The van der Waals surface area contributed by atoms with Crippen LogP contribution < -0.4 is 15.0 Å². The number of hydrogen-bond acceptors (Lipinski definition) is 4. The van der Waals surface area contributed by atoms with Crippen molar-refractivity contribution < 1.29 is 14.3 Å². The number of aryl methyl sites for hydroxylation is 1. The lowest BCUT2D eigenvalue weighted by molar-refractivity contribution is -0.122. The highest BCUT2D eigenvalue weighted by Crippen LogP contribution is 2.28. The van der Waals surface area contributed by atoms with Crippen LogP contribution in [0.25, 0.3) is 6.08 Å². The van der Waals surface area contributed by atoms with E-state index in [2.05, 4.69) is 21.2 Å². The van der Waals surface area contributed by atoms with Crippen LogP contribution in [0.5, 0.6) is 5.75 Å². The summed E-state index contributed by atoms with van der Waals surface area (Å²) in [6.45, 7) is 2.34. The molecule has 3 aromatic carbocycles. The summed E-state index contributed by atoms with van der Waals surface area (Å²) in [7, 11) is 0. The fraction of sp³-hybridized carbons (Fsp3) is 0.0800. The molecule has 1 fully saturated rings. The highest BCUT2D eigenvalue weighted by Gasteiger charge is 2.35. The smallest absolute Gasteiger partial charge is 0.270 e. The Morgan fingerprint density at radius 2 is 1.75 bits per heavy atom. The van der Waals surface area contributed by atoms with Crippen LogP contribution in [0.2, 0.25) is 0 Å². The predicted molar refractivity (Wildman–Crippen MR) is 132 cm³/mol. The summed E-state index contributed by atoms with van der Waals surface area (Å²) >= 11 is 8.70. The zero-order valence-electron chi connectivity index (χ0n) is 17.2.